The van der Waals surface area contributed by atoms with Gasteiger partial charge in [-0.2, -0.15) is 17.5 Å². The first-order chi connectivity index (χ1) is 42.2. The van der Waals surface area contributed by atoms with Crippen LogP contribution in [0.2, 0.25) is 0 Å². The lowest BCUT2D eigenvalue weighted by atomic mass is 9.99. The molecule has 3 aromatic carbocycles. The number of halogens is 2. The predicted octanol–water partition coefficient (Wildman–Crippen LogP) is 25.2. The molecule has 6 nitrogen and oxygen atoms in total. The van der Waals surface area contributed by atoms with Gasteiger partial charge in [-0.1, -0.05) is 119 Å². The molecule has 13 aromatic rings. The first kappa shape index (κ1) is 59.9. The number of hydrogen-bond acceptors (Lipinski definition) is 12. The van der Waals surface area contributed by atoms with Gasteiger partial charge in [-0.15, -0.1) is 68.0 Å². The van der Waals surface area contributed by atoms with E-state index in [-0.39, 0.29) is 11.6 Å². The average Bonchev–Trinajstić information content (AvgIpc) is 1.61. The zero-order valence-corrected chi connectivity index (χ0v) is 56.6. The smallest absolute Gasteiger partial charge is 0.134 e. The number of fused-ring (bicyclic) bond motifs is 8. The molecule has 2 unspecified atom stereocenters. The van der Waals surface area contributed by atoms with E-state index < -0.39 is 0 Å². The molecular formula is C70H74F2N6S8. The summed E-state index contributed by atoms with van der Waals surface area (Å²) in [5, 5.41) is 2.37. The third-order valence-electron chi connectivity index (χ3n) is 17.7. The highest BCUT2D eigenvalue weighted by Gasteiger charge is 2.28. The number of nitrogens with zero attached hydrogens (tertiary/aromatic N) is 6. The molecule has 13 rings (SSSR count). The summed E-state index contributed by atoms with van der Waals surface area (Å²) in [5.41, 5.74) is 10.0. The molecule has 0 saturated carbocycles. The van der Waals surface area contributed by atoms with Crippen molar-refractivity contribution in [1.29, 1.82) is 0 Å². The summed E-state index contributed by atoms with van der Waals surface area (Å²) in [4.78, 5) is 11.5. The fourth-order valence-corrected chi connectivity index (χ4v) is 20.7. The van der Waals surface area contributed by atoms with E-state index in [4.69, 9.17) is 17.5 Å². The number of unbranched alkanes of at least 4 members (excludes halogenated alkanes) is 8. The fourth-order valence-electron chi connectivity index (χ4n) is 12.8. The quantitative estimate of drug-likeness (QED) is 0.0459. The lowest BCUT2D eigenvalue weighted by molar-refractivity contribution is 0.400. The van der Waals surface area contributed by atoms with Gasteiger partial charge in [0.1, 0.15) is 33.7 Å². The van der Waals surface area contributed by atoms with Gasteiger partial charge in [-0.3, -0.25) is 0 Å². The monoisotopic (exact) mass is 1290 g/mol. The van der Waals surface area contributed by atoms with Crippen LogP contribution in [0.4, 0.5) is 8.78 Å². The van der Waals surface area contributed by atoms with E-state index in [1.54, 1.807) is 57.5 Å². The molecule has 2 atom stereocenters. The molecule has 0 radical (unpaired) electrons. The first-order valence-electron chi connectivity index (χ1n) is 31.5. The zero-order valence-electron chi connectivity index (χ0n) is 50.1. The second kappa shape index (κ2) is 26.6. The predicted molar refractivity (Wildman–Crippen MR) is 376 cm³/mol. The maximum atomic E-state index is 17.3. The summed E-state index contributed by atoms with van der Waals surface area (Å²) in [7, 11) is 0. The Hall–Kier alpha value is -5.04. The number of aromatic nitrogens is 6. The Bertz CT molecular complexity index is 4200. The Morgan fingerprint density at radius 3 is 1.20 bits per heavy atom. The SMILES string of the molecule is CCCCCCc1ccc(-c2ccc(-c3cc(F)c(-c4cc5c(s4)c4cc6c(cc4n5CC(CC)CCCC)c4sc(-c5c(F)cc(-c7ccc(-c8ccc(CCCCCC)s8)s7)c7nsnc57)cc4n6CC(CC)CCCC)c4nsnc34)s2)s1. The Morgan fingerprint density at radius 2 is 0.779 bits per heavy atom. The minimum atomic E-state index is -0.270. The Labute approximate surface area is 536 Å². The van der Waals surface area contributed by atoms with Crippen LogP contribution in [0.25, 0.3) is 126 Å². The Balaban J connectivity index is 0.902. The minimum absolute atomic E-state index is 0.270. The molecule has 446 valence electrons. The molecule has 0 aliphatic rings. The standard InChI is InChI=1S/C70H74F2N6S8/c1-7-13-17-19-23-43-25-27-57(79-43)59-31-29-55(81-59)47-33-49(71)63(67-65(47)73-85-75-67)61-37-53-69(83-61)45-35-52-46(36-51(45)77(53)39-41(11-5)21-15-9-3)70-54(78(52)40-42(12-6)22-16-10-4)38-62(84-70)64-50(72)34-48(66-68(64)76-86-74-66)56-30-32-60(82-56)58-28-26-44(80-58)24-20-18-14-8-2/h25-38,41-42H,7-24,39-40H2,1-6H3. The average molecular weight is 1290 g/mol. The van der Waals surface area contributed by atoms with Crippen molar-refractivity contribution in [3.05, 3.63) is 106 Å². The van der Waals surface area contributed by atoms with Gasteiger partial charge in [-0.25, -0.2) is 8.78 Å². The third-order valence-corrected chi connectivity index (χ3v) is 26.1. The van der Waals surface area contributed by atoms with Crippen molar-refractivity contribution in [2.24, 2.45) is 11.8 Å². The van der Waals surface area contributed by atoms with Crippen molar-refractivity contribution in [2.45, 2.75) is 170 Å². The first-order valence-corrected chi connectivity index (χ1v) is 37.8. The summed E-state index contributed by atoms with van der Waals surface area (Å²) in [6, 6.07) is 30.4. The van der Waals surface area contributed by atoms with Crippen molar-refractivity contribution >= 4 is 156 Å². The van der Waals surface area contributed by atoms with Crippen LogP contribution < -0.4 is 0 Å². The molecule has 0 aliphatic carbocycles. The topological polar surface area (TPSA) is 61.4 Å². The molecule has 10 heterocycles. The van der Waals surface area contributed by atoms with E-state index in [1.807, 2.05) is 22.7 Å². The normalized spacial score (nSPS) is 13.0. The molecule has 10 aromatic heterocycles. The molecule has 0 bridgehead atoms. The molecule has 0 saturated heterocycles. The Morgan fingerprint density at radius 1 is 0.384 bits per heavy atom. The number of aryl methyl sites for hydroxylation is 2. The van der Waals surface area contributed by atoms with Crippen LogP contribution >= 0.6 is 91.5 Å². The van der Waals surface area contributed by atoms with Crippen LogP contribution in [0.3, 0.4) is 0 Å². The number of hydrogen-bond donors (Lipinski definition) is 0. The van der Waals surface area contributed by atoms with Crippen LogP contribution in [0.1, 0.15) is 154 Å². The van der Waals surface area contributed by atoms with Gasteiger partial charge in [0.15, 0.2) is 0 Å². The van der Waals surface area contributed by atoms with E-state index in [0.717, 1.165) is 150 Å². The van der Waals surface area contributed by atoms with Gasteiger partial charge in [0.05, 0.1) is 66.0 Å². The van der Waals surface area contributed by atoms with Crippen LogP contribution in [0, 0.1) is 23.5 Å². The largest absolute Gasteiger partial charge is 0.339 e. The number of rotatable bonds is 28. The van der Waals surface area contributed by atoms with Crippen molar-refractivity contribution in [1.82, 2.24) is 26.6 Å². The third kappa shape index (κ3) is 11.7. The maximum absolute atomic E-state index is 17.3. The van der Waals surface area contributed by atoms with Gasteiger partial charge in [0, 0.05) is 83.8 Å². The van der Waals surface area contributed by atoms with Gasteiger partial charge in [0.2, 0.25) is 0 Å². The second-order valence-electron chi connectivity index (χ2n) is 23.6. The van der Waals surface area contributed by atoms with Crippen molar-refractivity contribution in [3.8, 4) is 61.3 Å². The summed E-state index contributed by atoms with van der Waals surface area (Å²) in [6.07, 6.45) is 21.3. The van der Waals surface area contributed by atoms with Crippen LogP contribution in [-0.2, 0) is 25.9 Å². The molecule has 16 heteroatoms. The Kier molecular flexibility index (Phi) is 18.5. The van der Waals surface area contributed by atoms with E-state index >= 15 is 8.78 Å². The summed E-state index contributed by atoms with van der Waals surface area (Å²) < 4.78 is 61.6. The fraction of sp³-hybridized carbons (Fsp3) is 0.400. The molecule has 0 N–H and O–H groups in total. The van der Waals surface area contributed by atoms with Gasteiger partial charge in [-0.05, 0) is 135 Å². The van der Waals surface area contributed by atoms with Crippen molar-refractivity contribution < 1.29 is 8.78 Å². The van der Waals surface area contributed by atoms with E-state index in [2.05, 4.69) is 123 Å². The zero-order chi connectivity index (χ0) is 59.0. The molecule has 0 amide bonds. The maximum Gasteiger partial charge on any atom is 0.134 e. The van der Waals surface area contributed by atoms with E-state index in [0.29, 0.717) is 34.0 Å². The molecular weight excluding hydrogens is 1220 g/mol. The minimum Gasteiger partial charge on any atom is -0.339 e. The highest BCUT2D eigenvalue weighted by molar-refractivity contribution is 7.25. The number of thiophene rings is 6. The summed E-state index contributed by atoms with van der Waals surface area (Å²) >= 11 is 12.9. The highest BCUT2D eigenvalue weighted by atomic mass is 32.1. The summed E-state index contributed by atoms with van der Waals surface area (Å²) in [6.45, 7) is 15.4. The molecule has 86 heavy (non-hydrogen) atoms. The van der Waals surface area contributed by atoms with Crippen LogP contribution in [0.15, 0.2) is 84.9 Å². The lowest BCUT2D eigenvalue weighted by Gasteiger charge is -2.18. The lowest BCUT2D eigenvalue weighted by Crippen LogP contribution is -2.10. The van der Waals surface area contributed by atoms with Crippen LogP contribution in [0.5, 0.6) is 0 Å². The van der Waals surface area contributed by atoms with Gasteiger partial charge >= 0.3 is 0 Å². The van der Waals surface area contributed by atoms with E-state index in [9.17, 15) is 0 Å². The highest BCUT2D eigenvalue weighted by Crippen LogP contribution is 2.51. The molecule has 0 spiro atoms. The van der Waals surface area contributed by atoms with E-state index in [1.165, 1.54) is 115 Å². The summed E-state index contributed by atoms with van der Waals surface area (Å²) in [5.74, 6) is 0.398. The van der Waals surface area contributed by atoms with Crippen molar-refractivity contribution in [2.75, 3.05) is 0 Å². The molecule has 0 aliphatic heterocycles. The van der Waals surface area contributed by atoms with Gasteiger partial charge < -0.3 is 9.13 Å². The van der Waals surface area contributed by atoms with Gasteiger partial charge in [0.25, 0.3) is 0 Å². The van der Waals surface area contributed by atoms with Crippen LogP contribution in [-0.4, -0.2) is 26.6 Å². The van der Waals surface area contributed by atoms with Crippen molar-refractivity contribution in [3.63, 3.8) is 0 Å². The number of benzene rings is 3. The molecule has 0 fully saturated rings. The second-order valence-corrected chi connectivity index (χ2v) is 31.2.